The minimum Gasteiger partial charge on any atom is -0.496 e. The molecule has 1 heterocycles. The lowest BCUT2D eigenvalue weighted by atomic mass is 10.1. The molecule has 0 spiro atoms. The summed E-state index contributed by atoms with van der Waals surface area (Å²) in [7, 11) is 4.54. The number of thiazole rings is 1. The predicted molar refractivity (Wildman–Crippen MR) is 127 cm³/mol. The molecule has 0 aliphatic rings. The van der Waals surface area contributed by atoms with Crippen LogP contribution in [0, 0.1) is 0 Å². The molecule has 0 fully saturated rings. The maximum Gasteiger partial charge on any atom is 0.331 e. The molecule has 0 aliphatic heterocycles. The molecular formula is C24H24N2O6S. The van der Waals surface area contributed by atoms with Crippen LogP contribution in [0.2, 0.25) is 0 Å². The van der Waals surface area contributed by atoms with Crippen molar-refractivity contribution in [1.29, 1.82) is 0 Å². The lowest BCUT2D eigenvalue weighted by Gasteiger charge is -2.12. The summed E-state index contributed by atoms with van der Waals surface area (Å²) in [6.45, 7) is 1.49. The molecule has 1 N–H and O–H groups in total. The Morgan fingerprint density at radius 3 is 2.33 bits per heavy atom. The molecule has 0 aliphatic carbocycles. The Labute approximate surface area is 195 Å². The zero-order valence-electron chi connectivity index (χ0n) is 18.7. The number of nitrogens with one attached hydrogen (secondary N) is 1. The third-order valence-corrected chi connectivity index (χ3v) is 5.36. The molecule has 3 aromatic rings. The van der Waals surface area contributed by atoms with Gasteiger partial charge in [0.2, 0.25) is 0 Å². The highest BCUT2D eigenvalue weighted by atomic mass is 32.1. The average molecular weight is 469 g/mol. The minimum absolute atomic E-state index is 0.423. The van der Waals surface area contributed by atoms with Crippen LogP contribution >= 0.6 is 11.3 Å². The molecule has 1 unspecified atom stereocenters. The fraction of sp³-hybridized carbons (Fsp3) is 0.208. The second kappa shape index (κ2) is 11.1. The summed E-state index contributed by atoms with van der Waals surface area (Å²) in [5, 5.41) is 4.95. The van der Waals surface area contributed by atoms with Gasteiger partial charge < -0.3 is 18.9 Å². The van der Waals surface area contributed by atoms with Gasteiger partial charge in [0, 0.05) is 28.6 Å². The molecule has 2 aromatic carbocycles. The number of benzene rings is 2. The molecule has 0 bridgehead atoms. The van der Waals surface area contributed by atoms with Crippen LogP contribution < -0.4 is 19.5 Å². The Morgan fingerprint density at radius 1 is 1.00 bits per heavy atom. The van der Waals surface area contributed by atoms with Crippen LogP contribution in [-0.4, -0.2) is 44.3 Å². The molecule has 8 nitrogen and oxygen atoms in total. The Balaban J connectivity index is 1.61. The van der Waals surface area contributed by atoms with Crippen LogP contribution in [0.5, 0.6) is 17.2 Å². The van der Waals surface area contributed by atoms with Crippen LogP contribution in [0.3, 0.4) is 0 Å². The third kappa shape index (κ3) is 6.11. The van der Waals surface area contributed by atoms with Crippen molar-refractivity contribution in [1.82, 2.24) is 4.98 Å². The summed E-state index contributed by atoms with van der Waals surface area (Å²) in [6.07, 6.45) is 1.71. The van der Waals surface area contributed by atoms with Gasteiger partial charge in [0.15, 0.2) is 22.7 Å². The van der Waals surface area contributed by atoms with Gasteiger partial charge >= 0.3 is 5.97 Å². The van der Waals surface area contributed by atoms with Gasteiger partial charge in [-0.25, -0.2) is 9.78 Å². The number of hydrogen-bond acceptors (Lipinski definition) is 8. The molecular weight excluding hydrogens is 444 g/mol. The number of rotatable bonds is 9. The van der Waals surface area contributed by atoms with Gasteiger partial charge in [0.25, 0.3) is 5.91 Å². The van der Waals surface area contributed by atoms with Crippen molar-refractivity contribution in [3.8, 4) is 28.5 Å². The van der Waals surface area contributed by atoms with E-state index in [0.717, 1.165) is 11.3 Å². The smallest absolute Gasteiger partial charge is 0.331 e. The molecule has 9 heteroatoms. The Bertz CT molecular complexity index is 1140. The normalized spacial score (nSPS) is 11.6. The minimum atomic E-state index is -1.02. The number of carbonyl (C=O) groups excluding carboxylic acids is 2. The van der Waals surface area contributed by atoms with Crippen molar-refractivity contribution >= 4 is 34.4 Å². The number of carbonyl (C=O) groups is 2. The third-order valence-electron chi connectivity index (χ3n) is 4.60. The molecule has 3 rings (SSSR count). The number of methoxy groups -OCH3 is 3. The van der Waals surface area contributed by atoms with Crippen LogP contribution in [0.1, 0.15) is 12.5 Å². The Morgan fingerprint density at radius 2 is 1.67 bits per heavy atom. The second-order valence-corrected chi connectivity index (χ2v) is 7.61. The van der Waals surface area contributed by atoms with Gasteiger partial charge in [-0.2, -0.15) is 0 Å². The number of nitrogens with zero attached hydrogens (tertiary/aromatic N) is 1. The van der Waals surface area contributed by atoms with Gasteiger partial charge in [-0.05, 0) is 19.1 Å². The first kappa shape index (κ1) is 23.8. The van der Waals surface area contributed by atoms with E-state index < -0.39 is 18.0 Å². The van der Waals surface area contributed by atoms with Crippen molar-refractivity contribution in [3.63, 3.8) is 0 Å². The molecule has 1 amide bonds. The maximum absolute atomic E-state index is 12.4. The Kier molecular flexibility index (Phi) is 8.04. The molecule has 0 saturated carbocycles. The van der Waals surface area contributed by atoms with E-state index in [1.807, 2.05) is 35.7 Å². The molecule has 172 valence electrons. The van der Waals surface area contributed by atoms with Gasteiger partial charge in [0.05, 0.1) is 27.0 Å². The summed E-state index contributed by atoms with van der Waals surface area (Å²) < 4.78 is 21.1. The van der Waals surface area contributed by atoms with E-state index in [4.69, 9.17) is 18.9 Å². The lowest BCUT2D eigenvalue weighted by Crippen LogP contribution is -2.29. The SMILES string of the molecule is COc1cc(OC)c(OC)cc1/C=C/C(=O)OC(C)C(=O)Nc1nc(-c2ccccc2)cs1. The molecule has 33 heavy (non-hydrogen) atoms. The van der Waals surface area contributed by atoms with Crippen molar-refractivity contribution < 1.29 is 28.5 Å². The highest BCUT2D eigenvalue weighted by Crippen LogP contribution is 2.35. The Hall–Kier alpha value is -3.85. The van der Waals surface area contributed by atoms with Crippen LogP contribution in [0.25, 0.3) is 17.3 Å². The monoisotopic (exact) mass is 468 g/mol. The highest BCUT2D eigenvalue weighted by Gasteiger charge is 2.18. The van der Waals surface area contributed by atoms with Crippen molar-refractivity contribution in [3.05, 3.63) is 59.5 Å². The van der Waals surface area contributed by atoms with Crippen molar-refractivity contribution in [2.75, 3.05) is 26.6 Å². The number of hydrogen-bond donors (Lipinski definition) is 1. The van der Waals surface area contributed by atoms with E-state index in [1.54, 1.807) is 12.1 Å². The summed E-state index contributed by atoms with van der Waals surface area (Å²) in [6, 6.07) is 12.9. The summed E-state index contributed by atoms with van der Waals surface area (Å²) >= 11 is 1.29. The highest BCUT2D eigenvalue weighted by molar-refractivity contribution is 7.14. The molecule has 1 aromatic heterocycles. The lowest BCUT2D eigenvalue weighted by molar-refractivity contribution is -0.148. The van der Waals surface area contributed by atoms with Crippen LogP contribution in [0.4, 0.5) is 5.13 Å². The van der Waals surface area contributed by atoms with E-state index in [-0.39, 0.29) is 0 Å². The maximum atomic E-state index is 12.4. The standard InChI is InChI=1S/C24H24N2O6S/c1-15(23(28)26-24-25-18(14-33-24)16-8-6-5-7-9-16)32-22(27)11-10-17-12-20(30-3)21(31-4)13-19(17)29-2/h5-15H,1-4H3,(H,25,26,28)/b11-10+. The fourth-order valence-electron chi connectivity index (χ4n) is 2.89. The predicted octanol–water partition coefficient (Wildman–Crippen LogP) is 4.42. The van der Waals surface area contributed by atoms with Crippen molar-refractivity contribution in [2.24, 2.45) is 0 Å². The summed E-state index contributed by atoms with van der Waals surface area (Å²) in [4.78, 5) is 29.1. The van der Waals surface area contributed by atoms with E-state index in [9.17, 15) is 9.59 Å². The topological polar surface area (TPSA) is 96.0 Å². The van der Waals surface area contributed by atoms with E-state index in [0.29, 0.717) is 27.9 Å². The van der Waals surface area contributed by atoms with E-state index in [1.165, 1.54) is 51.7 Å². The van der Waals surface area contributed by atoms with Crippen molar-refractivity contribution in [2.45, 2.75) is 13.0 Å². The zero-order chi connectivity index (χ0) is 23.8. The van der Waals surface area contributed by atoms with Gasteiger partial charge in [-0.3, -0.25) is 10.1 Å². The molecule has 0 radical (unpaired) electrons. The quantitative estimate of drug-likeness (QED) is 0.367. The molecule has 1 atom stereocenters. The number of esters is 1. The van der Waals surface area contributed by atoms with E-state index >= 15 is 0 Å². The fourth-order valence-corrected chi connectivity index (χ4v) is 3.61. The largest absolute Gasteiger partial charge is 0.496 e. The summed E-state index contributed by atoms with van der Waals surface area (Å²) in [5.74, 6) is 0.308. The van der Waals surface area contributed by atoms with E-state index in [2.05, 4.69) is 10.3 Å². The van der Waals surface area contributed by atoms with Crippen LogP contribution in [-0.2, 0) is 14.3 Å². The number of amides is 1. The first-order chi connectivity index (χ1) is 15.9. The molecule has 0 saturated heterocycles. The second-order valence-electron chi connectivity index (χ2n) is 6.75. The van der Waals surface area contributed by atoms with Gasteiger partial charge in [-0.1, -0.05) is 30.3 Å². The average Bonchev–Trinajstić information content (AvgIpc) is 3.31. The number of anilines is 1. The number of aromatic nitrogens is 1. The first-order valence-corrected chi connectivity index (χ1v) is 10.8. The number of ether oxygens (including phenoxy) is 4. The summed E-state index contributed by atoms with van der Waals surface area (Å²) in [5.41, 5.74) is 2.29. The van der Waals surface area contributed by atoms with Gasteiger partial charge in [0.1, 0.15) is 5.75 Å². The zero-order valence-corrected chi connectivity index (χ0v) is 19.5. The van der Waals surface area contributed by atoms with Gasteiger partial charge in [-0.15, -0.1) is 11.3 Å². The van der Waals surface area contributed by atoms with Crippen LogP contribution in [0.15, 0.2) is 53.9 Å². The first-order valence-electron chi connectivity index (χ1n) is 9.95.